The van der Waals surface area contributed by atoms with Gasteiger partial charge >= 0.3 is 0 Å². The summed E-state index contributed by atoms with van der Waals surface area (Å²) in [4.78, 5) is 17.5. The van der Waals surface area contributed by atoms with E-state index in [4.69, 9.17) is 0 Å². The summed E-state index contributed by atoms with van der Waals surface area (Å²) in [6.45, 7) is 4.63. The lowest BCUT2D eigenvalue weighted by atomic mass is 9.97. The highest BCUT2D eigenvalue weighted by Crippen LogP contribution is 2.28. The number of amides is 1. The highest BCUT2D eigenvalue weighted by molar-refractivity contribution is 7.89. The second-order valence-electron chi connectivity index (χ2n) is 7.88. The van der Waals surface area contributed by atoms with Crippen LogP contribution in [0.4, 0.5) is 5.13 Å². The first-order chi connectivity index (χ1) is 14.8. The Balaban J connectivity index is 1.35. The Morgan fingerprint density at radius 2 is 1.58 bits per heavy atom. The Morgan fingerprint density at radius 3 is 2.19 bits per heavy atom. The quantitative estimate of drug-likeness (QED) is 0.616. The third-order valence-electron chi connectivity index (χ3n) is 5.57. The van der Waals surface area contributed by atoms with Gasteiger partial charge in [0.15, 0.2) is 5.13 Å². The molecule has 0 atom stereocenters. The Morgan fingerprint density at radius 1 is 1.00 bits per heavy atom. The topological polar surface area (TPSA) is 79.4 Å². The smallest absolute Gasteiger partial charge is 0.243 e. The molecule has 0 radical (unpaired) electrons. The number of nitrogens with one attached hydrogen (secondary N) is 1. The molecule has 0 spiro atoms. The van der Waals surface area contributed by atoms with Crippen LogP contribution in [0.25, 0.3) is 11.3 Å². The molecule has 0 saturated carbocycles. The second-order valence-corrected chi connectivity index (χ2v) is 10.7. The molecule has 0 aliphatic carbocycles. The van der Waals surface area contributed by atoms with Gasteiger partial charge in [-0.2, -0.15) is 4.31 Å². The van der Waals surface area contributed by atoms with Crippen molar-refractivity contribution >= 4 is 32.4 Å². The van der Waals surface area contributed by atoms with Crippen LogP contribution in [0, 0.1) is 19.8 Å². The number of aromatic nitrogens is 1. The zero-order valence-corrected chi connectivity index (χ0v) is 19.2. The predicted molar refractivity (Wildman–Crippen MR) is 124 cm³/mol. The first-order valence-electron chi connectivity index (χ1n) is 10.2. The minimum Gasteiger partial charge on any atom is -0.302 e. The molecular weight excluding hydrogens is 430 g/mol. The highest BCUT2D eigenvalue weighted by Gasteiger charge is 2.32. The minimum absolute atomic E-state index is 0.0998. The van der Waals surface area contributed by atoms with Gasteiger partial charge < -0.3 is 5.32 Å². The maximum atomic E-state index is 12.8. The van der Waals surface area contributed by atoms with E-state index in [0.717, 1.165) is 16.8 Å². The van der Waals surface area contributed by atoms with E-state index in [1.165, 1.54) is 21.2 Å². The van der Waals surface area contributed by atoms with Gasteiger partial charge in [-0.25, -0.2) is 13.4 Å². The molecule has 1 aliphatic rings. The van der Waals surface area contributed by atoms with Crippen LogP contribution in [0.15, 0.2) is 58.8 Å². The predicted octanol–water partition coefficient (Wildman–Crippen LogP) is 4.47. The first-order valence-corrected chi connectivity index (χ1v) is 12.5. The molecule has 1 amide bonds. The molecule has 4 rings (SSSR count). The van der Waals surface area contributed by atoms with Crippen molar-refractivity contribution in [2.75, 3.05) is 18.4 Å². The van der Waals surface area contributed by atoms with E-state index in [1.807, 2.05) is 43.5 Å². The third kappa shape index (κ3) is 4.87. The van der Waals surface area contributed by atoms with Crippen LogP contribution in [0.1, 0.15) is 24.0 Å². The zero-order chi connectivity index (χ0) is 22.0. The molecule has 2 heterocycles. The first kappa shape index (κ1) is 21.7. The van der Waals surface area contributed by atoms with Gasteiger partial charge in [-0.05, 0) is 38.8 Å². The van der Waals surface area contributed by atoms with Crippen LogP contribution in [-0.4, -0.2) is 36.7 Å². The van der Waals surface area contributed by atoms with E-state index in [1.54, 1.807) is 24.3 Å². The van der Waals surface area contributed by atoms with Crippen LogP contribution < -0.4 is 5.32 Å². The number of piperidine rings is 1. The van der Waals surface area contributed by atoms with Gasteiger partial charge in [0.05, 0.1) is 10.6 Å². The van der Waals surface area contributed by atoms with Crippen molar-refractivity contribution in [2.45, 2.75) is 31.6 Å². The number of nitrogens with zero attached hydrogens (tertiary/aromatic N) is 2. The van der Waals surface area contributed by atoms with E-state index >= 15 is 0 Å². The number of thiazole rings is 1. The van der Waals surface area contributed by atoms with E-state index in [0.29, 0.717) is 36.0 Å². The fourth-order valence-corrected chi connectivity index (χ4v) is 5.81. The summed E-state index contributed by atoms with van der Waals surface area (Å²) in [5.41, 5.74) is 4.04. The molecule has 8 heteroatoms. The van der Waals surface area contributed by atoms with E-state index in [-0.39, 0.29) is 11.8 Å². The molecule has 0 unspecified atom stereocenters. The second kappa shape index (κ2) is 8.90. The highest BCUT2D eigenvalue weighted by atomic mass is 32.2. The Labute approximate surface area is 187 Å². The number of sulfonamides is 1. The van der Waals surface area contributed by atoms with Gasteiger partial charge in [0.2, 0.25) is 15.9 Å². The van der Waals surface area contributed by atoms with Gasteiger partial charge in [-0.15, -0.1) is 11.3 Å². The number of aryl methyl sites for hydroxylation is 2. The molecule has 1 aliphatic heterocycles. The number of hydrogen-bond acceptors (Lipinski definition) is 5. The molecule has 31 heavy (non-hydrogen) atoms. The summed E-state index contributed by atoms with van der Waals surface area (Å²) in [6, 6.07) is 15.0. The summed E-state index contributed by atoms with van der Waals surface area (Å²) < 4.78 is 27.2. The Kier molecular flexibility index (Phi) is 6.22. The van der Waals surface area contributed by atoms with Crippen LogP contribution in [-0.2, 0) is 14.8 Å². The lowest BCUT2D eigenvalue weighted by Crippen LogP contribution is -2.41. The van der Waals surface area contributed by atoms with Gasteiger partial charge in [0.1, 0.15) is 0 Å². The zero-order valence-electron chi connectivity index (χ0n) is 17.5. The van der Waals surface area contributed by atoms with Gasteiger partial charge in [-0.3, -0.25) is 4.79 Å². The van der Waals surface area contributed by atoms with Crippen LogP contribution in [0.3, 0.4) is 0 Å². The van der Waals surface area contributed by atoms with E-state index < -0.39 is 10.0 Å². The normalized spacial score (nSPS) is 15.7. The molecule has 1 saturated heterocycles. The van der Waals surface area contributed by atoms with Crippen molar-refractivity contribution in [3.05, 3.63) is 65.0 Å². The molecule has 6 nitrogen and oxygen atoms in total. The summed E-state index contributed by atoms with van der Waals surface area (Å²) in [7, 11) is -3.53. The number of carbonyl (C=O) groups excluding carboxylic acids is 1. The SMILES string of the molecule is Cc1ccc(-c2csc(NC(=O)C3CCN(S(=O)(=O)c4ccc(C)cc4)CC3)n2)cc1. The monoisotopic (exact) mass is 455 g/mol. The molecule has 2 aromatic carbocycles. The minimum atomic E-state index is -3.53. The van der Waals surface area contributed by atoms with Gasteiger partial charge in [-0.1, -0.05) is 47.5 Å². The van der Waals surface area contributed by atoms with Crippen molar-refractivity contribution in [1.82, 2.24) is 9.29 Å². The molecule has 0 bridgehead atoms. The lowest BCUT2D eigenvalue weighted by Gasteiger charge is -2.30. The van der Waals surface area contributed by atoms with Crippen molar-refractivity contribution in [2.24, 2.45) is 5.92 Å². The fourth-order valence-electron chi connectivity index (χ4n) is 3.61. The maximum absolute atomic E-state index is 12.8. The van der Waals surface area contributed by atoms with Crippen LogP contribution in [0.5, 0.6) is 0 Å². The van der Waals surface area contributed by atoms with Crippen molar-refractivity contribution in [3.8, 4) is 11.3 Å². The molecule has 1 aromatic heterocycles. The Hall–Kier alpha value is -2.55. The molecule has 1 fully saturated rings. The molecule has 1 N–H and O–H groups in total. The fraction of sp³-hybridized carbons (Fsp3) is 0.304. The molecular formula is C23H25N3O3S2. The number of rotatable bonds is 5. The average Bonchev–Trinajstić information content (AvgIpc) is 3.23. The van der Waals surface area contributed by atoms with Crippen molar-refractivity contribution < 1.29 is 13.2 Å². The average molecular weight is 456 g/mol. The molecule has 162 valence electrons. The lowest BCUT2D eigenvalue weighted by molar-refractivity contribution is -0.120. The van der Waals surface area contributed by atoms with Crippen LogP contribution in [0.2, 0.25) is 0 Å². The number of carbonyl (C=O) groups is 1. The molecule has 3 aromatic rings. The third-order valence-corrected chi connectivity index (χ3v) is 8.24. The number of benzene rings is 2. The van der Waals surface area contributed by atoms with E-state index in [9.17, 15) is 13.2 Å². The maximum Gasteiger partial charge on any atom is 0.243 e. The standard InChI is InChI=1S/C23H25N3O3S2/c1-16-3-7-18(8-4-16)21-15-30-23(24-21)25-22(27)19-11-13-26(14-12-19)31(28,29)20-9-5-17(2)6-10-20/h3-10,15,19H,11-14H2,1-2H3,(H,24,25,27). The Bertz CT molecular complexity index is 1160. The van der Waals surface area contributed by atoms with Gasteiger partial charge in [0, 0.05) is 30.0 Å². The largest absolute Gasteiger partial charge is 0.302 e. The van der Waals surface area contributed by atoms with Gasteiger partial charge in [0.25, 0.3) is 0 Å². The van der Waals surface area contributed by atoms with Crippen molar-refractivity contribution in [1.29, 1.82) is 0 Å². The van der Waals surface area contributed by atoms with Crippen molar-refractivity contribution in [3.63, 3.8) is 0 Å². The summed E-state index contributed by atoms with van der Waals surface area (Å²) in [5.74, 6) is -0.326. The summed E-state index contributed by atoms with van der Waals surface area (Å²) in [5, 5.41) is 5.40. The number of anilines is 1. The van der Waals surface area contributed by atoms with Crippen LogP contribution >= 0.6 is 11.3 Å². The summed E-state index contributed by atoms with van der Waals surface area (Å²) >= 11 is 1.39. The number of hydrogen-bond donors (Lipinski definition) is 1. The van der Waals surface area contributed by atoms with E-state index in [2.05, 4.69) is 10.3 Å². The summed E-state index contributed by atoms with van der Waals surface area (Å²) in [6.07, 6.45) is 0.986.